The van der Waals surface area contributed by atoms with E-state index in [4.69, 9.17) is 18.6 Å². The maximum atomic E-state index is 13.8. The fraction of sp³-hybridized carbons (Fsp3) is 0.0714. The Morgan fingerprint density at radius 2 is 0.943 bits per heavy atom. The number of carbonyl (C=O) groups excluding carboxylic acids is 3. The first-order valence-electron chi connectivity index (χ1n) is 16.4. The van der Waals surface area contributed by atoms with Crippen molar-refractivity contribution in [1.82, 2.24) is 0 Å². The van der Waals surface area contributed by atoms with E-state index >= 15 is 0 Å². The molecule has 53 heavy (non-hydrogen) atoms. The highest BCUT2D eigenvalue weighted by Crippen LogP contribution is 2.55. The third kappa shape index (κ3) is 7.31. The molecule has 0 atom stereocenters. The maximum absolute atomic E-state index is 13.8. The van der Waals surface area contributed by atoms with Crippen LogP contribution >= 0.6 is 0 Å². The summed E-state index contributed by atoms with van der Waals surface area (Å²) < 4.78 is 24.4. The molecule has 6 aromatic carbocycles. The normalized spacial score (nSPS) is 11.0. The van der Waals surface area contributed by atoms with E-state index in [-0.39, 0.29) is 69.6 Å². The van der Waals surface area contributed by atoms with E-state index in [1.54, 1.807) is 91.0 Å². The van der Waals surface area contributed by atoms with Crippen LogP contribution in [0.4, 0.5) is 0 Å². The van der Waals surface area contributed by atoms with Gasteiger partial charge in [-0.3, -0.25) is 14.4 Å². The van der Waals surface area contributed by atoms with Crippen molar-refractivity contribution in [2.24, 2.45) is 0 Å². The average molecular weight is 711 g/mol. The van der Waals surface area contributed by atoms with Gasteiger partial charge in [0.25, 0.3) is 0 Å². The van der Waals surface area contributed by atoms with Crippen LogP contribution in [0.3, 0.4) is 0 Å². The van der Waals surface area contributed by atoms with E-state index in [9.17, 15) is 34.8 Å². The van der Waals surface area contributed by atoms with Crippen LogP contribution in [0.2, 0.25) is 0 Å². The van der Waals surface area contributed by atoms with Gasteiger partial charge in [0.05, 0.1) is 30.2 Å². The molecule has 11 nitrogen and oxygen atoms in total. The predicted molar refractivity (Wildman–Crippen MR) is 193 cm³/mol. The molecule has 0 aliphatic heterocycles. The van der Waals surface area contributed by atoms with Gasteiger partial charge in [0, 0.05) is 11.5 Å². The highest BCUT2D eigenvalue weighted by Gasteiger charge is 2.33. The Bertz CT molecular complexity index is 2490. The molecule has 1 aromatic heterocycles. The Balaban J connectivity index is 1.51. The number of hydrogen-bond donors (Lipinski definition) is 4. The van der Waals surface area contributed by atoms with Gasteiger partial charge in [0.2, 0.25) is 0 Å². The Morgan fingerprint density at radius 1 is 0.491 bits per heavy atom. The summed E-state index contributed by atoms with van der Waals surface area (Å²) in [6.45, 7) is 0. The highest BCUT2D eigenvalue weighted by molar-refractivity contribution is 6.16. The molecule has 264 valence electrons. The van der Waals surface area contributed by atoms with Gasteiger partial charge in [-0.05, 0) is 40.5 Å². The number of fused-ring (bicyclic) bond motifs is 3. The molecule has 0 saturated carbocycles. The summed E-state index contributed by atoms with van der Waals surface area (Å²) in [5, 5.41) is 41.9. The van der Waals surface area contributed by atoms with Crippen LogP contribution in [-0.2, 0) is 33.6 Å². The number of aromatic hydroxyl groups is 4. The molecule has 7 aromatic rings. The SMILES string of the molecule is O=C(Cc1ccccc1)Oc1c(-c2ccc(O)c(O)c2)c(OC(=O)Cc2ccccc2)c2oc3cc(O)c(O)cc3c2c1OC(=O)Cc1ccccc1. The summed E-state index contributed by atoms with van der Waals surface area (Å²) in [6, 6.07) is 32.2. The van der Waals surface area contributed by atoms with Crippen LogP contribution in [0.5, 0.6) is 40.2 Å². The standard InChI is InChI=1S/C42H30O11/c43-29-17-16-27(21-30(29)44)37-39(51-34(47)18-24-10-4-1-5-11-24)41-38(28-22-31(45)32(46)23-33(28)50-41)42(53-36(49)20-26-14-8-3-9-15-26)40(37)52-35(48)19-25-12-6-2-7-13-25/h1-17,21-23,43-46H,18-20H2. The molecule has 0 fully saturated rings. The van der Waals surface area contributed by atoms with Crippen molar-refractivity contribution in [3.8, 4) is 51.4 Å². The minimum absolute atomic E-state index is 0.0108. The molecule has 11 heteroatoms. The first-order valence-corrected chi connectivity index (χ1v) is 16.4. The maximum Gasteiger partial charge on any atom is 0.315 e. The van der Waals surface area contributed by atoms with Crippen molar-refractivity contribution < 1.29 is 53.4 Å². The first kappa shape index (κ1) is 34.2. The molecule has 0 bridgehead atoms. The van der Waals surface area contributed by atoms with Gasteiger partial charge >= 0.3 is 17.9 Å². The minimum atomic E-state index is -0.796. The predicted octanol–water partition coefficient (Wildman–Crippen LogP) is 7.52. The van der Waals surface area contributed by atoms with Gasteiger partial charge in [-0.2, -0.15) is 0 Å². The van der Waals surface area contributed by atoms with Crippen molar-refractivity contribution in [2.45, 2.75) is 19.3 Å². The van der Waals surface area contributed by atoms with Crippen molar-refractivity contribution in [3.63, 3.8) is 0 Å². The lowest BCUT2D eigenvalue weighted by Gasteiger charge is -2.20. The Labute approximate surface area is 301 Å². The number of benzene rings is 6. The molecule has 0 aliphatic rings. The second-order valence-electron chi connectivity index (χ2n) is 12.1. The topological polar surface area (TPSA) is 173 Å². The third-order valence-corrected chi connectivity index (χ3v) is 8.36. The lowest BCUT2D eigenvalue weighted by molar-refractivity contribution is -0.136. The van der Waals surface area contributed by atoms with Crippen LogP contribution in [0, 0.1) is 0 Å². The Morgan fingerprint density at radius 3 is 1.45 bits per heavy atom. The zero-order valence-electron chi connectivity index (χ0n) is 27.8. The minimum Gasteiger partial charge on any atom is -0.504 e. The van der Waals surface area contributed by atoms with Gasteiger partial charge in [-0.1, -0.05) is 97.1 Å². The molecule has 0 amide bonds. The number of phenolic OH excluding ortho intramolecular Hbond substituents is 4. The zero-order chi connectivity index (χ0) is 37.1. The molecule has 4 N–H and O–H groups in total. The van der Waals surface area contributed by atoms with Gasteiger partial charge in [0.15, 0.2) is 45.8 Å². The summed E-state index contributed by atoms with van der Waals surface area (Å²) in [4.78, 5) is 41.1. The molecule has 0 aliphatic carbocycles. The van der Waals surface area contributed by atoms with E-state index in [1.807, 2.05) is 0 Å². The number of hydrogen-bond acceptors (Lipinski definition) is 11. The second kappa shape index (κ2) is 14.5. The quantitative estimate of drug-likeness (QED) is 0.0628. The fourth-order valence-corrected chi connectivity index (χ4v) is 5.92. The zero-order valence-corrected chi connectivity index (χ0v) is 27.8. The monoisotopic (exact) mass is 710 g/mol. The second-order valence-corrected chi connectivity index (χ2v) is 12.1. The van der Waals surface area contributed by atoms with Gasteiger partial charge in [-0.15, -0.1) is 0 Å². The average Bonchev–Trinajstić information content (AvgIpc) is 3.50. The number of esters is 3. The summed E-state index contributed by atoms with van der Waals surface area (Å²) in [5.74, 6) is -5.45. The third-order valence-electron chi connectivity index (χ3n) is 8.36. The van der Waals surface area contributed by atoms with E-state index in [0.29, 0.717) is 16.7 Å². The van der Waals surface area contributed by atoms with Crippen molar-refractivity contribution in [1.29, 1.82) is 0 Å². The number of phenols is 4. The fourth-order valence-electron chi connectivity index (χ4n) is 5.92. The summed E-state index contributed by atoms with van der Waals surface area (Å²) in [6.07, 6.45) is -0.619. The number of carbonyl (C=O) groups is 3. The summed E-state index contributed by atoms with van der Waals surface area (Å²) in [5.41, 5.74) is 1.57. The van der Waals surface area contributed by atoms with E-state index in [0.717, 1.165) is 12.1 Å². The van der Waals surface area contributed by atoms with E-state index < -0.39 is 40.9 Å². The van der Waals surface area contributed by atoms with E-state index in [1.165, 1.54) is 18.2 Å². The number of rotatable bonds is 10. The van der Waals surface area contributed by atoms with Gasteiger partial charge < -0.3 is 39.1 Å². The van der Waals surface area contributed by atoms with Gasteiger partial charge in [0.1, 0.15) is 5.58 Å². The number of ether oxygens (including phenoxy) is 3. The van der Waals surface area contributed by atoms with Crippen LogP contribution in [0.25, 0.3) is 33.1 Å². The Kier molecular flexibility index (Phi) is 9.37. The lowest BCUT2D eigenvalue weighted by atomic mass is 9.98. The molecule has 0 radical (unpaired) electrons. The molecule has 0 saturated heterocycles. The molecule has 0 unspecified atom stereocenters. The smallest absolute Gasteiger partial charge is 0.315 e. The van der Waals surface area contributed by atoms with Crippen LogP contribution in [0.15, 0.2) is 126 Å². The summed E-state index contributed by atoms with van der Waals surface area (Å²) >= 11 is 0. The highest BCUT2D eigenvalue weighted by atomic mass is 16.6. The number of furan rings is 1. The van der Waals surface area contributed by atoms with Crippen molar-refractivity contribution in [2.75, 3.05) is 0 Å². The summed E-state index contributed by atoms with van der Waals surface area (Å²) in [7, 11) is 0. The molecular weight excluding hydrogens is 680 g/mol. The van der Waals surface area contributed by atoms with Gasteiger partial charge in [-0.25, -0.2) is 0 Å². The Hall–Kier alpha value is -7.27. The lowest BCUT2D eigenvalue weighted by Crippen LogP contribution is -2.17. The first-order chi connectivity index (χ1) is 25.6. The van der Waals surface area contributed by atoms with Crippen LogP contribution in [-0.4, -0.2) is 38.3 Å². The van der Waals surface area contributed by atoms with Crippen molar-refractivity contribution in [3.05, 3.63) is 138 Å². The molecule has 0 spiro atoms. The van der Waals surface area contributed by atoms with E-state index in [2.05, 4.69) is 0 Å². The van der Waals surface area contributed by atoms with Crippen LogP contribution in [0.1, 0.15) is 16.7 Å². The van der Waals surface area contributed by atoms with Crippen LogP contribution < -0.4 is 14.2 Å². The molecular formula is C42H30O11. The van der Waals surface area contributed by atoms with Crippen molar-refractivity contribution >= 4 is 39.8 Å². The largest absolute Gasteiger partial charge is 0.504 e. The molecule has 7 rings (SSSR count). The molecule has 1 heterocycles.